The predicted octanol–water partition coefficient (Wildman–Crippen LogP) is -1.89. The maximum atomic E-state index is 2.33. The molecule has 2 heteroatoms. The Morgan fingerprint density at radius 1 is 1.11 bits per heavy atom. The molecule has 0 aromatic heterocycles. The second kappa shape index (κ2) is 2.38. The number of hydrogen-bond donors (Lipinski definition) is 0. The summed E-state index contributed by atoms with van der Waals surface area (Å²) >= 11 is 0. The molecule has 56 valence electrons. The summed E-state index contributed by atoms with van der Waals surface area (Å²) in [6.07, 6.45) is 0. The molecule has 1 fully saturated rings. The molecule has 0 amide bonds. The minimum absolute atomic E-state index is 0. The first-order chi connectivity index (χ1) is 3.41. The van der Waals surface area contributed by atoms with Gasteiger partial charge in [0.1, 0.15) is 0 Å². The van der Waals surface area contributed by atoms with E-state index >= 15 is 0 Å². The van der Waals surface area contributed by atoms with Gasteiger partial charge in [0.25, 0.3) is 0 Å². The van der Waals surface area contributed by atoms with Gasteiger partial charge in [-0.2, -0.15) is 0 Å². The molecule has 1 saturated heterocycles. The molecule has 1 aliphatic rings. The molecule has 9 heavy (non-hydrogen) atoms. The molecule has 0 radical (unpaired) electrons. The smallest absolute Gasteiger partial charge is 0.0888 e. The highest BCUT2D eigenvalue weighted by Gasteiger charge is 2.43. The van der Waals surface area contributed by atoms with E-state index in [0.717, 1.165) is 0 Å². The van der Waals surface area contributed by atoms with E-state index in [0.29, 0.717) is 5.41 Å². The van der Waals surface area contributed by atoms with Crippen molar-refractivity contribution in [3.05, 3.63) is 0 Å². The minimum Gasteiger partial charge on any atom is -1.00 e. The molecule has 0 bridgehead atoms. The minimum atomic E-state index is 0. The van der Waals surface area contributed by atoms with Crippen molar-refractivity contribution in [2.75, 3.05) is 27.2 Å². The fraction of sp³-hybridized carbons (Fsp3) is 1.00. The van der Waals surface area contributed by atoms with Gasteiger partial charge in [-0.15, -0.1) is 0 Å². The number of halogens is 1. The Morgan fingerprint density at radius 2 is 1.44 bits per heavy atom. The van der Waals surface area contributed by atoms with E-state index in [9.17, 15) is 0 Å². The third-order valence-corrected chi connectivity index (χ3v) is 1.71. The lowest BCUT2D eigenvalue weighted by Crippen LogP contribution is -3.00. The summed E-state index contributed by atoms with van der Waals surface area (Å²) in [6, 6.07) is 0. The van der Waals surface area contributed by atoms with Crippen LogP contribution >= 0.6 is 0 Å². The van der Waals surface area contributed by atoms with Gasteiger partial charge in [-0.1, -0.05) is 0 Å². The van der Waals surface area contributed by atoms with Crippen molar-refractivity contribution in [1.82, 2.24) is 0 Å². The van der Waals surface area contributed by atoms with Crippen molar-refractivity contribution in [3.63, 3.8) is 0 Å². The zero-order valence-corrected chi connectivity index (χ0v) is 8.90. The molecule has 0 aromatic rings. The van der Waals surface area contributed by atoms with Crippen molar-refractivity contribution in [3.8, 4) is 0 Å². The van der Waals surface area contributed by atoms with E-state index in [1.807, 2.05) is 0 Å². The monoisotopic (exact) mass is 241 g/mol. The van der Waals surface area contributed by atoms with E-state index in [2.05, 4.69) is 27.9 Å². The Kier molecular flexibility index (Phi) is 2.56. The van der Waals surface area contributed by atoms with Crippen LogP contribution in [-0.4, -0.2) is 31.7 Å². The van der Waals surface area contributed by atoms with Gasteiger partial charge in [-0.3, -0.25) is 0 Å². The van der Waals surface area contributed by atoms with Gasteiger partial charge >= 0.3 is 0 Å². The predicted molar refractivity (Wildman–Crippen MR) is 35.6 cm³/mol. The third-order valence-electron chi connectivity index (χ3n) is 1.71. The topological polar surface area (TPSA) is 0 Å². The number of quaternary nitrogens is 1. The molecule has 1 rings (SSSR count). The fourth-order valence-corrected chi connectivity index (χ4v) is 2.27. The molecule has 1 nitrogen and oxygen atoms in total. The van der Waals surface area contributed by atoms with Crippen LogP contribution in [0.5, 0.6) is 0 Å². The van der Waals surface area contributed by atoms with Crippen LogP contribution in [0.3, 0.4) is 0 Å². The molecule has 0 saturated carbocycles. The van der Waals surface area contributed by atoms with Crippen molar-refractivity contribution >= 4 is 0 Å². The zero-order chi connectivity index (χ0) is 6.41. The first-order valence-corrected chi connectivity index (χ1v) is 3.23. The van der Waals surface area contributed by atoms with E-state index < -0.39 is 0 Å². The molecule has 0 spiro atoms. The Labute approximate surface area is 75.0 Å². The number of rotatable bonds is 0. The molecule has 1 aliphatic heterocycles. The van der Waals surface area contributed by atoms with Crippen LogP contribution in [0.15, 0.2) is 0 Å². The first-order valence-electron chi connectivity index (χ1n) is 3.23. The van der Waals surface area contributed by atoms with Crippen LogP contribution in [0.1, 0.15) is 13.8 Å². The fourth-order valence-electron chi connectivity index (χ4n) is 2.27. The van der Waals surface area contributed by atoms with Gasteiger partial charge in [0.15, 0.2) is 0 Å². The summed E-state index contributed by atoms with van der Waals surface area (Å²) in [7, 11) is 4.57. The Balaban J connectivity index is 0.000000640. The van der Waals surface area contributed by atoms with Gasteiger partial charge in [0.2, 0.25) is 0 Å². The number of hydrogen-bond acceptors (Lipinski definition) is 0. The standard InChI is InChI=1S/C7H16N.HI/c1-7(2)5-8(3,4)6-7;/h5-6H2,1-4H3;1H/q+1;/p-1. The Morgan fingerprint density at radius 3 is 1.44 bits per heavy atom. The third kappa shape index (κ3) is 2.42. The highest BCUT2D eigenvalue weighted by Crippen LogP contribution is 2.32. The maximum absolute atomic E-state index is 2.33. The van der Waals surface area contributed by atoms with E-state index in [4.69, 9.17) is 0 Å². The zero-order valence-electron chi connectivity index (χ0n) is 6.74. The molecule has 1 heterocycles. The molecular weight excluding hydrogens is 225 g/mol. The van der Waals surface area contributed by atoms with Crippen molar-refractivity contribution in [1.29, 1.82) is 0 Å². The van der Waals surface area contributed by atoms with Crippen LogP contribution in [-0.2, 0) is 0 Å². The summed E-state index contributed by atoms with van der Waals surface area (Å²) in [6.45, 7) is 7.34. The lowest BCUT2D eigenvalue weighted by molar-refractivity contribution is -0.948. The van der Waals surface area contributed by atoms with Gasteiger partial charge in [-0.05, 0) is 13.8 Å². The lowest BCUT2D eigenvalue weighted by Gasteiger charge is -2.50. The van der Waals surface area contributed by atoms with Gasteiger partial charge in [-0.25, -0.2) is 0 Å². The average molecular weight is 241 g/mol. The Hall–Kier alpha value is 0.690. The molecule has 0 aliphatic carbocycles. The quantitative estimate of drug-likeness (QED) is 0.343. The summed E-state index contributed by atoms with van der Waals surface area (Å²) < 4.78 is 1.22. The van der Waals surface area contributed by atoms with Crippen molar-refractivity contribution < 1.29 is 28.5 Å². The highest BCUT2D eigenvalue weighted by atomic mass is 127. The summed E-state index contributed by atoms with van der Waals surface area (Å²) in [5, 5.41) is 0. The van der Waals surface area contributed by atoms with Crippen LogP contribution in [0.4, 0.5) is 0 Å². The highest BCUT2D eigenvalue weighted by molar-refractivity contribution is 4.74. The maximum Gasteiger partial charge on any atom is 0.0888 e. The second-order valence-corrected chi connectivity index (χ2v) is 4.42. The summed E-state index contributed by atoms with van der Waals surface area (Å²) in [5.74, 6) is 0. The van der Waals surface area contributed by atoms with Crippen molar-refractivity contribution in [2.45, 2.75) is 13.8 Å². The Bertz CT molecular complexity index is 85.5. The van der Waals surface area contributed by atoms with Crippen molar-refractivity contribution in [2.24, 2.45) is 5.41 Å². The van der Waals surface area contributed by atoms with Gasteiger partial charge in [0, 0.05) is 0 Å². The van der Waals surface area contributed by atoms with Gasteiger partial charge in [0.05, 0.1) is 32.6 Å². The summed E-state index contributed by atoms with van der Waals surface area (Å²) in [5.41, 5.74) is 0.628. The first kappa shape index (κ1) is 9.69. The van der Waals surface area contributed by atoms with Crippen LogP contribution < -0.4 is 24.0 Å². The van der Waals surface area contributed by atoms with E-state index in [1.54, 1.807) is 0 Å². The molecular formula is C7H16IN. The largest absolute Gasteiger partial charge is 1.00 e. The number of nitrogens with zero attached hydrogens (tertiary/aromatic N) is 1. The second-order valence-electron chi connectivity index (χ2n) is 4.42. The normalized spacial score (nSPS) is 28.0. The number of likely N-dealkylation sites (tertiary alicyclic amines) is 1. The average Bonchev–Trinajstić information content (AvgIpc) is 1.20. The van der Waals surface area contributed by atoms with E-state index in [1.165, 1.54) is 17.6 Å². The molecule has 0 atom stereocenters. The van der Waals surface area contributed by atoms with Crippen LogP contribution in [0.25, 0.3) is 0 Å². The van der Waals surface area contributed by atoms with Gasteiger partial charge < -0.3 is 28.5 Å². The molecule has 0 aromatic carbocycles. The van der Waals surface area contributed by atoms with Crippen LogP contribution in [0, 0.1) is 5.41 Å². The van der Waals surface area contributed by atoms with E-state index in [-0.39, 0.29) is 24.0 Å². The van der Waals surface area contributed by atoms with Crippen LogP contribution in [0.2, 0.25) is 0 Å². The SMILES string of the molecule is CC1(C)C[N+](C)(C)C1.[I-]. The molecule has 0 unspecified atom stereocenters. The lowest BCUT2D eigenvalue weighted by atomic mass is 9.83. The summed E-state index contributed by atoms with van der Waals surface area (Å²) in [4.78, 5) is 0. The molecule has 0 N–H and O–H groups in total.